The number of hydrogen-bond acceptors (Lipinski definition) is 6. The molecule has 0 aliphatic carbocycles. The molecule has 142 valence electrons. The first-order chi connectivity index (χ1) is 13.1. The summed E-state index contributed by atoms with van der Waals surface area (Å²) >= 11 is 0. The molecule has 0 atom stereocenters. The highest BCUT2D eigenvalue weighted by atomic mass is 16.6. The number of nitrogens with one attached hydrogen (secondary N) is 1. The molecule has 3 rings (SSSR count). The number of nitro benzene ring substituents is 1. The van der Waals surface area contributed by atoms with Gasteiger partial charge in [0.2, 0.25) is 0 Å². The second kappa shape index (κ2) is 8.50. The van der Waals surface area contributed by atoms with Crippen molar-refractivity contribution in [2.75, 3.05) is 43.1 Å². The van der Waals surface area contributed by atoms with E-state index in [9.17, 15) is 14.9 Å². The average molecular weight is 371 g/mol. The quantitative estimate of drug-likeness (QED) is 0.619. The van der Waals surface area contributed by atoms with Gasteiger partial charge in [-0.05, 0) is 31.2 Å². The van der Waals surface area contributed by atoms with E-state index in [0.717, 1.165) is 18.8 Å². The first-order valence-corrected chi connectivity index (χ1v) is 8.74. The van der Waals surface area contributed by atoms with Crippen LogP contribution in [0.25, 0.3) is 0 Å². The fraction of sp³-hybridized carbons (Fsp3) is 0.316. The SMILES string of the molecule is CCOc1ccc(C(=O)Nc2ccccc2N2CCOCC2)cc1[N+](=O)[O-]. The van der Waals surface area contributed by atoms with Gasteiger partial charge in [-0.25, -0.2) is 0 Å². The van der Waals surface area contributed by atoms with Crippen molar-refractivity contribution in [3.8, 4) is 5.75 Å². The third-order valence-electron chi connectivity index (χ3n) is 4.22. The number of hydrogen-bond donors (Lipinski definition) is 1. The molecular formula is C19H21N3O5. The van der Waals surface area contributed by atoms with Crippen LogP contribution in [0.15, 0.2) is 42.5 Å². The molecule has 1 fully saturated rings. The summed E-state index contributed by atoms with van der Waals surface area (Å²) < 4.78 is 10.6. The Morgan fingerprint density at radius 2 is 2.00 bits per heavy atom. The monoisotopic (exact) mass is 371 g/mol. The summed E-state index contributed by atoms with van der Waals surface area (Å²) in [7, 11) is 0. The minimum atomic E-state index is -0.552. The number of carbonyl (C=O) groups is 1. The topological polar surface area (TPSA) is 93.9 Å². The zero-order valence-corrected chi connectivity index (χ0v) is 15.0. The van der Waals surface area contributed by atoms with Gasteiger partial charge < -0.3 is 19.7 Å². The molecule has 8 heteroatoms. The van der Waals surface area contributed by atoms with Crippen molar-refractivity contribution in [1.82, 2.24) is 0 Å². The molecule has 0 aromatic heterocycles. The lowest BCUT2D eigenvalue weighted by atomic mass is 10.1. The fourth-order valence-electron chi connectivity index (χ4n) is 2.93. The Bertz CT molecular complexity index is 834. The van der Waals surface area contributed by atoms with Crippen LogP contribution in [0.5, 0.6) is 5.75 Å². The van der Waals surface area contributed by atoms with Crippen LogP contribution in [-0.2, 0) is 4.74 Å². The van der Waals surface area contributed by atoms with Crippen LogP contribution in [0, 0.1) is 10.1 Å². The van der Waals surface area contributed by atoms with Gasteiger partial charge in [-0.3, -0.25) is 14.9 Å². The third kappa shape index (κ3) is 4.35. The maximum Gasteiger partial charge on any atom is 0.311 e. The minimum Gasteiger partial charge on any atom is -0.487 e. The van der Waals surface area contributed by atoms with E-state index in [4.69, 9.17) is 9.47 Å². The van der Waals surface area contributed by atoms with E-state index >= 15 is 0 Å². The van der Waals surface area contributed by atoms with E-state index in [1.54, 1.807) is 6.92 Å². The number of nitrogens with zero attached hydrogens (tertiary/aromatic N) is 2. The number of ether oxygens (including phenoxy) is 2. The summed E-state index contributed by atoms with van der Waals surface area (Å²) in [6.45, 7) is 4.79. The summed E-state index contributed by atoms with van der Waals surface area (Å²) in [5, 5.41) is 14.1. The molecule has 1 aliphatic rings. The van der Waals surface area contributed by atoms with Gasteiger partial charge in [0, 0.05) is 24.7 Å². The van der Waals surface area contributed by atoms with Crippen LogP contribution < -0.4 is 15.0 Å². The number of anilines is 2. The predicted molar refractivity (Wildman–Crippen MR) is 102 cm³/mol. The summed E-state index contributed by atoms with van der Waals surface area (Å²) in [6, 6.07) is 11.7. The predicted octanol–water partition coefficient (Wildman–Crippen LogP) is 3.08. The van der Waals surface area contributed by atoms with Gasteiger partial charge in [0.25, 0.3) is 5.91 Å². The molecule has 1 saturated heterocycles. The summed E-state index contributed by atoms with van der Waals surface area (Å²) in [6.07, 6.45) is 0. The smallest absolute Gasteiger partial charge is 0.311 e. The Morgan fingerprint density at radius 3 is 2.70 bits per heavy atom. The molecule has 1 N–H and O–H groups in total. The van der Waals surface area contributed by atoms with Crippen LogP contribution in [0.3, 0.4) is 0 Å². The van der Waals surface area contributed by atoms with Crippen molar-refractivity contribution in [2.45, 2.75) is 6.92 Å². The molecule has 0 saturated carbocycles. The lowest BCUT2D eigenvalue weighted by Gasteiger charge is -2.30. The van der Waals surface area contributed by atoms with Gasteiger partial charge >= 0.3 is 5.69 Å². The number of para-hydroxylation sites is 2. The van der Waals surface area contributed by atoms with Crippen molar-refractivity contribution in [1.29, 1.82) is 0 Å². The zero-order valence-electron chi connectivity index (χ0n) is 15.0. The molecule has 2 aromatic rings. The van der Waals surface area contributed by atoms with Crippen molar-refractivity contribution in [2.24, 2.45) is 0 Å². The average Bonchev–Trinajstić information content (AvgIpc) is 2.69. The van der Waals surface area contributed by atoms with Gasteiger partial charge in [-0.1, -0.05) is 12.1 Å². The first kappa shape index (κ1) is 18.7. The van der Waals surface area contributed by atoms with Gasteiger partial charge in [0.05, 0.1) is 36.1 Å². The lowest BCUT2D eigenvalue weighted by Crippen LogP contribution is -2.36. The second-order valence-corrected chi connectivity index (χ2v) is 5.94. The Kier molecular flexibility index (Phi) is 5.87. The van der Waals surface area contributed by atoms with Gasteiger partial charge in [-0.15, -0.1) is 0 Å². The number of benzene rings is 2. The number of rotatable bonds is 6. The minimum absolute atomic E-state index is 0.146. The van der Waals surface area contributed by atoms with Crippen molar-refractivity contribution in [3.63, 3.8) is 0 Å². The first-order valence-electron chi connectivity index (χ1n) is 8.74. The number of nitro groups is 1. The van der Waals surface area contributed by atoms with E-state index in [1.807, 2.05) is 24.3 Å². The van der Waals surface area contributed by atoms with Crippen molar-refractivity contribution in [3.05, 3.63) is 58.1 Å². The molecule has 0 radical (unpaired) electrons. The van der Waals surface area contributed by atoms with E-state index in [-0.39, 0.29) is 17.0 Å². The standard InChI is InChI=1S/C19H21N3O5/c1-2-27-18-8-7-14(13-17(18)22(24)25)19(23)20-15-5-3-4-6-16(15)21-9-11-26-12-10-21/h3-8,13H,2,9-12H2,1H3,(H,20,23). The Hall–Kier alpha value is -3.13. The lowest BCUT2D eigenvalue weighted by molar-refractivity contribution is -0.385. The molecule has 2 aromatic carbocycles. The molecule has 0 bridgehead atoms. The van der Waals surface area contributed by atoms with Crippen LogP contribution in [0.4, 0.5) is 17.1 Å². The molecule has 8 nitrogen and oxygen atoms in total. The maximum absolute atomic E-state index is 12.7. The molecule has 0 unspecified atom stereocenters. The summed E-state index contributed by atoms with van der Waals surface area (Å²) in [5.41, 5.74) is 1.52. The maximum atomic E-state index is 12.7. The van der Waals surface area contributed by atoms with E-state index < -0.39 is 10.8 Å². The molecule has 1 aliphatic heterocycles. The number of morpholine rings is 1. The van der Waals surface area contributed by atoms with E-state index in [1.165, 1.54) is 18.2 Å². The van der Waals surface area contributed by atoms with Crippen LogP contribution in [0.1, 0.15) is 17.3 Å². The highest BCUT2D eigenvalue weighted by molar-refractivity contribution is 6.06. The summed E-state index contributed by atoms with van der Waals surface area (Å²) in [5.74, 6) is -0.269. The normalized spacial score (nSPS) is 13.9. The number of carbonyl (C=O) groups excluding carboxylic acids is 1. The van der Waals surface area contributed by atoms with Crippen LogP contribution in [-0.4, -0.2) is 43.7 Å². The van der Waals surface area contributed by atoms with Crippen LogP contribution >= 0.6 is 0 Å². The van der Waals surface area contributed by atoms with Crippen molar-refractivity contribution < 1.29 is 19.2 Å². The molecule has 1 amide bonds. The Labute approximate surface area is 156 Å². The molecule has 27 heavy (non-hydrogen) atoms. The molecule has 1 heterocycles. The van der Waals surface area contributed by atoms with E-state index in [0.29, 0.717) is 25.5 Å². The molecule has 0 spiro atoms. The van der Waals surface area contributed by atoms with Gasteiger partial charge in [0.15, 0.2) is 5.75 Å². The summed E-state index contributed by atoms with van der Waals surface area (Å²) in [4.78, 5) is 25.5. The van der Waals surface area contributed by atoms with Crippen molar-refractivity contribution >= 4 is 23.0 Å². The number of amides is 1. The Balaban J connectivity index is 1.84. The highest BCUT2D eigenvalue weighted by Crippen LogP contribution is 2.30. The van der Waals surface area contributed by atoms with Gasteiger partial charge in [-0.2, -0.15) is 0 Å². The van der Waals surface area contributed by atoms with Crippen LogP contribution in [0.2, 0.25) is 0 Å². The molecular weight excluding hydrogens is 350 g/mol. The highest BCUT2D eigenvalue weighted by Gasteiger charge is 2.20. The zero-order chi connectivity index (χ0) is 19.2. The Morgan fingerprint density at radius 1 is 1.26 bits per heavy atom. The third-order valence-corrected chi connectivity index (χ3v) is 4.22. The second-order valence-electron chi connectivity index (χ2n) is 5.94. The van der Waals surface area contributed by atoms with Gasteiger partial charge in [0.1, 0.15) is 0 Å². The fourth-order valence-corrected chi connectivity index (χ4v) is 2.93. The largest absolute Gasteiger partial charge is 0.487 e. The van der Waals surface area contributed by atoms with E-state index in [2.05, 4.69) is 10.2 Å².